The molecule has 26 heavy (non-hydrogen) atoms. The lowest BCUT2D eigenvalue weighted by molar-refractivity contribution is -0.181. The Morgan fingerprint density at radius 1 is 1.31 bits per heavy atom. The number of ether oxygens (including phenoxy) is 1. The van der Waals surface area contributed by atoms with Gasteiger partial charge in [0.2, 0.25) is 5.88 Å². The van der Waals surface area contributed by atoms with Crippen molar-refractivity contribution in [3.8, 4) is 5.88 Å². The van der Waals surface area contributed by atoms with Crippen LogP contribution >= 0.6 is 24.0 Å². The molecule has 6 nitrogen and oxygen atoms in total. The highest BCUT2D eigenvalue weighted by atomic mass is 127. The van der Waals surface area contributed by atoms with Crippen molar-refractivity contribution < 1.29 is 17.9 Å². The van der Waals surface area contributed by atoms with E-state index in [1.807, 2.05) is 11.0 Å². The van der Waals surface area contributed by atoms with Crippen molar-refractivity contribution in [2.75, 3.05) is 40.3 Å². The maximum atomic E-state index is 12.8. The summed E-state index contributed by atoms with van der Waals surface area (Å²) in [6.07, 6.45) is -2.48. The molecular formula is C16H25F3IN5O. The summed E-state index contributed by atoms with van der Waals surface area (Å²) in [5, 5.41) is 3.22. The SMILES string of the molecule is CN=C(NCc1ccc(OC)nc1)N1CCN(C(C)C(F)(F)F)CC1.I. The van der Waals surface area contributed by atoms with E-state index < -0.39 is 12.2 Å². The molecule has 2 heterocycles. The monoisotopic (exact) mass is 487 g/mol. The molecule has 1 unspecified atom stereocenters. The first kappa shape index (κ1) is 22.7. The van der Waals surface area contributed by atoms with E-state index in [-0.39, 0.29) is 24.0 Å². The minimum Gasteiger partial charge on any atom is -0.481 e. The van der Waals surface area contributed by atoms with E-state index in [1.54, 1.807) is 26.4 Å². The molecule has 1 aliphatic heterocycles. The van der Waals surface area contributed by atoms with E-state index in [1.165, 1.54) is 11.8 Å². The summed E-state index contributed by atoms with van der Waals surface area (Å²) in [6.45, 7) is 3.45. The summed E-state index contributed by atoms with van der Waals surface area (Å²) in [5.74, 6) is 1.22. The van der Waals surface area contributed by atoms with Gasteiger partial charge in [0.25, 0.3) is 0 Å². The molecule has 1 aliphatic rings. The van der Waals surface area contributed by atoms with E-state index >= 15 is 0 Å². The number of guanidine groups is 1. The van der Waals surface area contributed by atoms with E-state index in [0.717, 1.165) is 5.56 Å². The number of aliphatic imine (C=N–C) groups is 1. The molecule has 2 rings (SSSR count). The molecule has 1 N–H and O–H groups in total. The zero-order valence-corrected chi connectivity index (χ0v) is 17.4. The second-order valence-electron chi connectivity index (χ2n) is 5.85. The summed E-state index contributed by atoms with van der Waals surface area (Å²) < 4.78 is 43.5. The van der Waals surface area contributed by atoms with Crippen LogP contribution in [0.5, 0.6) is 5.88 Å². The van der Waals surface area contributed by atoms with Crippen LogP contribution in [-0.4, -0.2) is 73.3 Å². The number of hydrogen-bond donors (Lipinski definition) is 1. The fraction of sp³-hybridized carbons (Fsp3) is 0.625. The van der Waals surface area contributed by atoms with Gasteiger partial charge in [0.15, 0.2) is 5.96 Å². The zero-order valence-electron chi connectivity index (χ0n) is 15.1. The zero-order chi connectivity index (χ0) is 18.4. The van der Waals surface area contributed by atoms with Gasteiger partial charge in [-0.25, -0.2) is 4.98 Å². The molecule has 10 heteroatoms. The number of alkyl halides is 3. The number of nitrogens with one attached hydrogen (secondary N) is 1. The standard InChI is InChI=1S/C16H24F3N5O.HI/c1-12(16(17,18)19)23-6-8-24(9-7-23)15(20-2)22-11-13-4-5-14(25-3)21-10-13;/h4-5,10,12H,6-9,11H2,1-3H3,(H,20,22);1H. The molecule has 0 saturated carbocycles. The molecule has 0 aromatic carbocycles. The van der Waals surface area contributed by atoms with Gasteiger partial charge >= 0.3 is 6.18 Å². The smallest absolute Gasteiger partial charge is 0.403 e. The van der Waals surface area contributed by atoms with Crippen LogP contribution in [0.2, 0.25) is 0 Å². The van der Waals surface area contributed by atoms with Crippen molar-refractivity contribution in [3.05, 3.63) is 23.9 Å². The van der Waals surface area contributed by atoms with E-state index in [0.29, 0.717) is 44.6 Å². The van der Waals surface area contributed by atoms with Crippen molar-refractivity contribution in [2.24, 2.45) is 4.99 Å². The summed E-state index contributed by atoms with van der Waals surface area (Å²) in [7, 11) is 3.22. The van der Waals surface area contributed by atoms with Crippen LogP contribution in [0.1, 0.15) is 12.5 Å². The van der Waals surface area contributed by atoms with Gasteiger partial charge < -0.3 is 15.0 Å². The second kappa shape index (κ2) is 10.1. The topological polar surface area (TPSA) is 53.0 Å². The number of pyridine rings is 1. The predicted octanol–water partition coefficient (Wildman–Crippen LogP) is 2.35. The lowest BCUT2D eigenvalue weighted by atomic mass is 10.2. The Balaban J connectivity index is 0.00000338. The van der Waals surface area contributed by atoms with Crippen molar-refractivity contribution in [2.45, 2.75) is 25.7 Å². The Kier molecular flexibility index (Phi) is 8.87. The summed E-state index contributed by atoms with van der Waals surface area (Å²) in [5.41, 5.74) is 0.964. The molecular weight excluding hydrogens is 462 g/mol. The molecule has 1 aromatic rings. The Hall–Kier alpha value is -1.30. The minimum absolute atomic E-state index is 0. The lowest BCUT2D eigenvalue weighted by Crippen LogP contribution is -2.56. The Morgan fingerprint density at radius 3 is 2.42 bits per heavy atom. The van der Waals surface area contributed by atoms with Crippen LogP contribution in [-0.2, 0) is 6.54 Å². The Morgan fingerprint density at radius 2 is 1.96 bits per heavy atom. The van der Waals surface area contributed by atoms with E-state index in [9.17, 15) is 13.2 Å². The molecule has 0 amide bonds. The highest BCUT2D eigenvalue weighted by Gasteiger charge is 2.41. The quantitative estimate of drug-likeness (QED) is 0.402. The number of methoxy groups -OCH3 is 1. The highest BCUT2D eigenvalue weighted by molar-refractivity contribution is 14.0. The first-order valence-corrected chi connectivity index (χ1v) is 8.10. The number of rotatable bonds is 4. The lowest BCUT2D eigenvalue weighted by Gasteiger charge is -2.39. The molecule has 0 aliphatic carbocycles. The largest absolute Gasteiger partial charge is 0.481 e. The third-order valence-corrected chi connectivity index (χ3v) is 4.30. The predicted molar refractivity (Wildman–Crippen MR) is 105 cm³/mol. The number of aromatic nitrogens is 1. The maximum absolute atomic E-state index is 12.8. The normalized spacial score (nSPS) is 17.5. The highest BCUT2D eigenvalue weighted by Crippen LogP contribution is 2.25. The molecule has 0 bridgehead atoms. The fourth-order valence-corrected chi connectivity index (χ4v) is 2.68. The fourth-order valence-electron chi connectivity index (χ4n) is 2.68. The van der Waals surface area contributed by atoms with Crippen LogP contribution in [0.4, 0.5) is 13.2 Å². The average molecular weight is 487 g/mol. The van der Waals surface area contributed by atoms with Crippen LogP contribution < -0.4 is 10.1 Å². The van der Waals surface area contributed by atoms with Crippen molar-refractivity contribution in [1.29, 1.82) is 0 Å². The molecule has 0 spiro atoms. The van der Waals surface area contributed by atoms with Gasteiger partial charge in [-0.1, -0.05) is 6.07 Å². The molecule has 1 atom stereocenters. The van der Waals surface area contributed by atoms with E-state index in [4.69, 9.17) is 4.74 Å². The molecule has 1 fully saturated rings. The van der Waals surface area contributed by atoms with Gasteiger partial charge in [0.05, 0.1) is 7.11 Å². The molecule has 1 saturated heterocycles. The third-order valence-electron chi connectivity index (χ3n) is 4.30. The van der Waals surface area contributed by atoms with Gasteiger partial charge in [-0.15, -0.1) is 24.0 Å². The van der Waals surface area contributed by atoms with Gasteiger partial charge in [-0.2, -0.15) is 13.2 Å². The Labute approximate surface area is 168 Å². The molecule has 148 valence electrons. The minimum atomic E-state index is -4.19. The third kappa shape index (κ3) is 6.15. The van der Waals surface area contributed by atoms with Gasteiger partial charge in [-0.3, -0.25) is 9.89 Å². The summed E-state index contributed by atoms with van der Waals surface area (Å²) >= 11 is 0. The van der Waals surface area contributed by atoms with Crippen molar-refractivity contribution in [3.63, 3.8) is 0 Å². The van der Waals surface area contributed by atoms with Crippen molar-refractivity contribution >= 4 is 29.9 Å². The number of nitrogens with zero attached hydrogens (tertiary/aromatic N) is 4. The number of halogens is 4. The van der Waals surface area contributed by atoms with Gasteiger partial charge in [-0.05, 0) is 12.5 Å². The van der Waals surface area contributed by atoms with Crippen molar-refractivity contribution in [1.82, 2.24) is 20.1 Å². The van der Waals surface area contributed by atoms with E-state index in [2.05, 4.69) is 15.3 Å². The summed E-state index contributed by atoms with van der Waals surface area (Å²) in [4.78, 5) is 11.8. The van der Waals surface area contributed by atoms with Gasteiger partial charge in [0, 0.05) is 52.0 Å². The van der Waals surface area contributed by atoms with Crippen LogP contribution in [0.15, 0.2) is 23.3 Å². The first-order chi connectivity index (χ1) is 11.8. The average Bonchev–Trinajstić information content (AvgIpc) is 2.62. The summed E-state index contributed by atoms with van der Waals surface area (Å²) in [6, 6.07) is 2.25. The maximum Gasteiger partial charge on any atom is 0.403 e. The van der Waals surface area contributed by atoms with Crippen LogP contribution in [0.25, 0.3) is 0 Å². The van der Waals surface area contributed by atoms with Gasteiger partial charge in [0.1, 0.15) is 6.04 Å². The number of piperazine rings is 1. The number of hydrogen-bond acceptors (Lipinski definition) is 4. The van der Waals surface area contributed by atoms with Crippen LogP contribution in [0.3, 0.4) is 0 Å². The first-order valence-electron chi connectivity index (χ1n) is 8.10. The van der Waals surface area contributed by atoms with Crippen LogP contribution in [0, 0.1) is 0 Å². The molecule has 0 radical (unpaired) electrons. The second-order valence-corrected chi connectivity index (χ2v) is 5.85. The Bertz CT molecular complexity index is 574. The molecule has 1 aromatic heterocycles.